The predicted octanol–water partition coefficient (Wildman–Crippen LogP) is 2.65. The van der Waals surface area contributed by atoms with Crippen molar-refractivity contribution >= 4 is 12.0 Å². The SMILES string of the molecule is CC(=O)OC(C)/C=C\c1ccccc1. The molecule has 0 N–H and O–H groups in total. The van der Waals surface area contributed by atoms with Crippen molar-refractivity contribution < 1.29 is 9.53 Å². The highest BCUT2D eigenvalue weighted by Crippen LogP contribution is 2.03. The number of carbonyl (C=O) groups excluding carboxylic acids is 1. The molecular formula is C12H14O2. The van der Waals surface area contributed by atoms with E-state index >= 15 is 0 Å². The number of hydrogen-bond acceptors (Lipinski definition) is 2. The molecule has 74 valence electrons. The number of hydrogen-bond donors (Lipinski definition) is 0. The maximum absolute atomic E-state index is 10.6. The Labute approximate surface area is 84.2 Å². The van der Waals surface area contributed by atoms with Crippen LogP contribution in [0.2, 0.25) is 0 Å². The summed E-state index contributed by atoms with van der Waals surface area (Å²) in [6, 6.07) is 9.90. The van der Waals surface area contributed by atoms with Gasteiger partial charge in [0.1, 0.15) is 6.10 Å². The summed E-state index contributed by atoms with van der Waals surface area (Å²) in [6.07, 6.45) is 3.62. The molecule has 0 heterocycles. The average Bonchev–Trinajstić information content (AvgIpc) is 2.15. The molecule has 2 heteroatoms. The molecule has 0 aliphatic rings. The molecular weight excluding hydrogens is 176 g/mol. The highest BCUT2D eigenvalue weighted by Gasteiger charge is 1.98. The van der Waals surface area contributed by atoms with E-state index in [-0.39, 0.29) is 12.1 Å². The third kappa shape index (κ3) is 3.90. The summed E-state index contributed by atoms with van der Waals surface area (Å²) in [5, 5.41) is 0. The van der Waals surface area contributed by atoms with E-state index in [4.69, 9.17) is 4.74 Å². The maximum Gasteiger partial charge on any atom is 0.303 e. The van der Waals surface area contributed by atoms with Crippen molar-refractivity contribution in [3.63, 3.8) is 0 Å². The zero-order valence-corrected chi connectivity index (χ0v) is 8.44. The molecule has 0 spiro atoms. The van der Waals surface area contributed by atoms with E-state index in [0.717, 1.165) is 5.56 Å². The lowest BCUT2D eigenvalue weighted by atomic mass is 10.2. The van der Waals surface area contributed by atoms with Crippen molar-refractivity contribution in [1.82, 2.24) is 0 Å². The molecule has 1 rings (SSSR count). The summed E-state index contributed by atoms with van der Waals surface area (Å²) in [5.74, 6) is -0.254. The molecule has 14 heavy (non-hydrogen) atoms. The largest absolute Gasteiger partial charge is 0.459 e. The van der Waals surface area contributed by atoms with E-state index in [0.29, 0.717) is 0 Å². The molecule has 0 bridgehead atoms. The molecule has 0 saturated heterocycles. The highest BCUT2D eigenvalue weighted by atomic mass is 16.5. The Kier molecular flexibility index (Phi) is 3.92. The Hall–Kier alpha value is -1.57. The topological polar surface area (TPSA) is 26.3 Å². The second-order valence-electron chi connectivity index (χ2n) is 3.08. The monoisotopic (exact) mass is 190 g/mol. The minimum atomic E-state index is -0.254. The minimum Gasteiger partial charge on any atom is -0.459 e. The van der Waals surface area contributed by atoms with E-state index < -0.39 is 0 Å². The molecule has 1 atom stereocenters. The molecule has 0 aromatic heterocycles. The van der Waals surface area contributed by atoms with Crippen LogP contribution in [0.1, 0.15) is 19.4 Å². The standard InChI is InChI=1S/C12H14O2/c1-10(14-11(2)13)8-9-12-6-4-3-5-7-12/h3-10H,1-2H3/b9-8-. The Balaban J connectivity index is 2.52. The van der Waals surface area contributed by atoms with Crippen LogP contribution >= 0.6 is 0 Å². The summed E-state index contributed by atoms with van der Waals surface area (Å²) in [6.45, 7) is 3.24. The molecule has 0 fully saturated rings. The molecule has 0 aliphatic heterocycles. The Morgan fingerprint density at radius 2 is 2.00 bits per heavy atom. The van der Waals surface area contributed by atoms with Gasteiger partial charge in [0.25, 0.3) is 0 Å². The van der Waals surface area contributed by atoms with E-state index in [1.54, 1.807) is 0 Å². The smallest absolute Gasteiger partial charge is 0.303 e. The minimum absolute atomic E-state index is 0.173. The van der Waals surface area contributed by atoms with Crippen LogP contribution in [0.3, 0.4) is 0 Å². The number of rotatable bonds is 3. The average molecular weight is 190 g/mol. The lowest BCUT2D eigenvalue weighted by Crippen LogP contribution is -2.08. The summed E-state index contributed by atoms with van der Waals surface area (Å²) < 4.78 is 4.95. The molecule has 2 nitrogen and oxygen atoms in total. The first-order valence-corrected chi connectivity index (χ1v) is 4.59. The van der Waals surface area contributed by atoms with E-state index in [2.05, 4.69) is 0 Å². The number of esters is 1. The van der Waals surface area contributed by atoms with Crippen LogP contribution in [0.25, 0.3) is 6.08 Å². The lowest BCUT2D eigenvalue weighted by molar-refractivity contribution is -0.143. The van der Waals surface area contributed by atoms with Crippen molar-refractivity contribution in [3.8, 4) is 0 Å². The van der Waals surface area contributed by atoms with Crippen LogP contribution in [0.4, 0.5) is 0 Å². The fourth-order valence-corrected chi connectivity index (χ4v) is 1.11. The van der Waals surface area contributed by atoms with Crippen LogP contribution < -0.4 is 0 Å². The zero-order chi connectivity index (χ0) is 10.4. The van der Waals surface area contributed by atoms with Gasteiger partial charge in [0.05, 0.1) is 0 Å². The predicted molar refractivity (Wildman–Crippen MR) is 56.7 cm³/mol. The van der Waals surface area contributed by atoms with Gasteiger partial charge in [0.15, 0.2) is 0 Å². The van der Waals surface area contributed by atoms with Crippen molar-refractivity contribution in [2.45, 2.75) is 20.0 Å². The van der Waals surface area contributed by atoms with Crippen molar-refractivity contribution in [2.75, 3.05) is 0 Å². The first-order valence-electron chi connectivity index (χ1n) is 4.59. The quantitative estimate of drug-likeness (QED) is 0.685. The number of benzene rings is 1. The maximum atomic E-state index is 10.6. The summed E-state index contributed by atoms with van der Waals surface area (Å²) in [5.41, 5.74) is 1.10. The first-order chi connectivity index (χ1) is 6.68. The highest BCUT2D eigenvalue weighted by molar-refractivity contribution is 5.66. The fraction of sp³-hybridized carbons (Fsp3) is 0.250. The van der Waals surface area contributed by atoms with Gasteiger partial charge in [-0.1, -0.05) is 36.4 Å². The fourth-order valence-electron chi connectivity index (χ4n) is 1.11. The van der Waals surface area contributed by atoms with Crippen LogP contribution in [0.15, 0.2) is 36.4 Å². The molecule has 0 saturated carbocycles. The van der Waals surface area contributed by atoms with Gasteiger partial charge in [-0.2, -0.15) is 0 Å². The molecule has 1 aromatic carbocycles. The van der Waals surface area contributed by atoms with Gasteiger partial charge in [-0.15, -0.1) is 0 Å². The molecule has 0 radical (unpaired) electrons. The molecule has 0 amide bonds. The normalized spacial score (nSPS) is 12.7. The molecule has 1 aromatic rings. The van der Waals surface area contributed by atoms with Crippen molar-refractivity contribution in [1.29, 1.82) is 0 Å². The van der Waals surface area contributed by atoms with E-state index in [9.17, 15) is 4.79 Å². The van der Waals surface area contributed by atoms with Crippen LogP contribution in [-0.2, 0) is 9.53 Å². The Morgan fingerprint density at radius 1 is 1.36 bits per heavy atom. The van der Waals surface area contributed by atoms with E-state index in [1.165, 1.54) is 6.92 Å². The Bertz CT molecular complexity index is 314. The summed E-state index contributed by atoms with van der Waals surface area (Å²) in [4.78, 5) is 10.6. The second kappa shape index (κ2) is 5.22. The third-order valence-electron chi connectivity index (χ3n) is 1.71. The molecule has 0 aliphatic carbocycles. The van der Waals surface area contributed by atoms with Gasteiger partial charge < -0.3 is 4.74 Å². The number of ether oxygens (including phenoxy) is 1. The van der Waals surface area contributed by atoms with Gasteiger partial charge in [-0.25, -0.2) is 0 Å². The van der Waals surface area contributed by atoms with Gasteiger partial charge in [0.2, 0.25) is 0 Å². The Morgan fingerprint density at radius 3 is 2.57 bits per heavy atom. The van der Waals surface area contributed by atoms with Crippen LogP contribution in [0, 0.1) is 0 Å². The first kappa shape index (κ1) is 10.5. The van der Waals surface area contributed by atoms with Gasteiger partial charge in [0, 0.05) is 6.92 Å². The second-order valence-corrected chi connectivity index (χ2v) is 3.08. The van der Waals surface area contributed by atoms with Crippen LogP contribution in [0.5, 0.6) is 0 Å². The van der Waals surface area contributed by atoms with Gasteiger partial charge in [-0.3, -0.25) is 4.79 Å². The third-order valence-corrected chi connectivity index (χ3v) is 1.71. The van der Waals surface area contributed by atoms with E-state index in [1.807, 2.05) is 49.4 Å². The van der Waals surface area contributed by atoms with Gasteiger partial charge in [-0.05, 0) is 18.6 Å². The lowest BCUT2D eigenvalue weighted by Gasteiger charge is -2.05. The summed E-state index contributed by atoms with van der Waals surface area (Å²) in [7, 11) is 0. The molecule has 1 unspecified atom stereocenters. The van der Waals surface area contributed by atoms with Gasteiger partial charge >= 0.3 is 5.97 Å². The number of carbonyl (C=O) groups is 1. The summed E-state index contributed by atoms with van der Waals surface area (Å²) >= 11 is 0. The van der Waals surface area contributed by atoms with Crippen molar-refractivity contribution in [2.24, 2.45) is 0 Å². The van der Waals surface area contributed by atoms with Crippen LogP contribution in [-0.4, -0.2) is 12.1 Å². The zero-order valence-electron chi connectivity index (χ0n) is 8.44. The van der Waals surface area contributed by atoms with Crippen molar-refractivity contribution in [3.05, 3.63) is 42.0 Å².